The predicted octanol–water partition coefficient (Wildman–Crippen LogP) is 4.72. The smallest absolute Gasteiger partial charge is 0.190 e. The summed E-state index contributed by atoms with van der Waals surface area (Å²) in [7, 11) is 0. The molecule has 20 heavy (non-hydrogen) atoms. The Hall–Kier alpha value is -1.40. The summed E-state index contributed by atoms with van der Waals surface area (Å²) >= 11 is 0. The minimum absolute atomic E-state index is 0.112. The highest BCUT2D eigenvalue weighted by Gasteiger charge is 2.61. The molecule has 0 aromatic rings. The van der Waals surface area contributed by atoms with Crippen molar-refractivity contribution in [1.29, 1.82) is 0 Å². The lowest BCUT2D eigenvalue weighted by Crippen LogP contribution is -2.39. The maximum atomic E-state index is 12.9. The van der Waals surface area contributed by atoms with Crippen molar-refractivity contribution in [2.45, 2.75) is 38.0 Å². The second-order valence-corrected chi connectivity index (χ2v) is 3.77. The van der Waals surface area contributed by atoms with Gasteiger partial charge >= 0.3 is 24.2 Å². The Balaban J connectivity index is 5.84. The Morgan fingerprint density at radius 3 is 1.35 bits per heavy atom. The summed E-state index contributed by atoms with van der Waals surface area (Å²) in [5.41, 5.74) is -2.98. The average Bonchev–Trinajstić information content (AvgIpc) is 2.12. The topological polar surface area (TPSA) is 0 Å². The number of hydrogen-bond acceptors (Lipinski definition) is 0. The summed E-state index contributed by atoms with van der Waals surface area (Å²) in [5, 5.41) is 0. The molecule has 0 aliphatic rings. The summed E-state index contributed by atoms with van der Waals surface area (Å²) in [6.07, 6.45) is -12.3. The summed E-state index contributed by atoms with van der Waals surface area (Å²) in [6, 6.07) is 0. The van der Waals surface area contributed by atoms with Gasteiger partial charge in [-0.3, -0.25) is 0 Å². The van der Waals surface area contributed by atoms with Crippen molar-refractivity contribution in [2.75, 3.05) is 0 Å². The average molecular weight is 316 g/mol. The van der Waals surface area contributed by atoms with Crippen molar-refractivity contribution >= 4 is 0 Å². The first kappa shape index (κ1) is 18.6. The monoisotopic (exact) mass is 316 g/mol. The van der Waals surface area contributed by atoms with Crippen LogP contribution in [0.1, 0.15) is 13.8 Å². The highest BCUT2D eigenvalue weighted by atomic mass is 19.4. The molecule has 0 N–H and O–H groups in total. The molecule has 0 nitrogen and oxygen atoms in total. The normalized spacial score (nSPS) is 13.6. The van der Waals surface area contributed by atoms with Crippen LogP contribution >= 0.6 is 0 Å². The van der Waals surface area contributed by atoms with Crippen LogP contribution in [0.2, 0.25) is 0 Å². The Labute approximate surface area is 106 Å². The van der Waals surface area contributed by atoms with E-state index < -0.39 is 35.3 Å². The predicted molar refractivity (Wildman–Crippen MR) is 48.2 cm³/mol. The van der Waals surface area contributed by atoms with Crippen molar-refractivity contribution in [3.8, 4) is 11.8 Å². The highest BCUT2D eigenvalue weighted by molar-refractivity contribution is 5.40. The maximum Gasteiger partial charge on any atom is 0.466 e. The third-order valence-electron chi connectivity index (χ3n) is 1.87. The van der Waals surface area contributed by atoms with E-state index in [-0.39, 0.29) is 5.92 Å². The molecular formula is C10H6F10. The van der Waals surface area contributed by atoms with Crippen molar-refractivity contribution < 1.29 is 43.9 Å². The zero-order valence-electron chi connectivity index (χ0n) is 9.78. The zero-order chi connectivity index (χ0) is 16.6. The lowest BCUT2D eigenvalue weighted by molar-refractivity contribution is -0.263. The fourth-order valence-electron chi connectivity index (χ4n) is 0.871. The van der Waals surface area contributed by atoms with Gasteiger partial charge in [-0.05, 0) is 19.8 Å². The molecule has 116 valence electrons. The van der Waals surface area contributed by atoms with Crippen LogP contribution in [0, 0.1) is 11.8 Å². The van der Waals surface area contributed by atoms with Crippen LogP contribution in [0.4, 0.5) is 43.9 Å². The Bertz CT molecular complexity index is 447. The molecular weight excluding hydrogens is 310 g/mol. The molecule has 0 rings (SSSR count). The van der Waals surface area contributed by atoms with Crippen LogP contribution < -0.4 is 0 Å². The quantitative estimate of drug-likeness (QED) is 0.485. The van der Waals surface area contributed by atoms with E-state index >= 15 is 0 Å². The third kappa shape index (κ3) is 3.80. The van der Waals surface area contributed by atoms with Gasteiger partial charge in [-0.25, -0.2) is 0 Å². The molecule has 0 unspecified atom stereocenters. The van der Waals surface area contributed by atoms with Gasteiger partial charge in [0.05, 0.1) is 5.57 Å². The molecule has 0 radical (unpaired) electrons. The summed E-state index contributed by atoms with van der Waals surface area (Å²) < 4.78 is 122. The van der Waals surface area contributed by atoms with E-state index in [0.29, 0.717) is 19.8 Å². The summed E-state index contributed by atoms with van der Waals surface area (Å²) in [5.74, 6) is -10.6. The van der Waals surface area contributed by atoms with Crippen LogP contribution in [-0.2, 0) is 0 Å². The fraction of sp³-hybridized carbons (Fsp3) is 0.600. The first-order chi connectivity index (χ1) is 8.54. The molecule has 0 aliphatic carbocycles. The Kier molecular flexibility index (Phi) is 4.82. The molecule has 0 aromatic carbocycles. The van der Waals surface area contributed by atoms with E-state index in [2.05, 4.69) is 0 Å². The van der Waals surface area contributed by atoms with Gasteiger partial charge < -0.3 is 0 Å². The van der Waals surface area contributed by atoms with Gasteiger partial charge in [0.25, 0.3) is 0 Å². The fourth-order valence-corrected chi connectivity index (χ4v) is 0.871. The Morgan fingerprint density at radius 2 is 1.10 bits per heavy atom. The molecule has 0 fully saturated rings. The largest absolute Gasteiger partial charge is 0.466 e. The second-order valence-electron chi connectivity index (χ2n) is 3.77. The van der Waals surface area contributed by atoms with Gasteiger partial charge in [-0.2, -0.15) is 43.9 Å². The van der Waals surface area contributed by atoms with E-state index in [4.69, 9.17) is 0 Å². The van der Waals surface area contributed by atoms with Crippen molar-refractivity contribution in [1.82, 2.24) is 0 Å². The SMILES string of the molecule is CC(C)=C(C#CC(F)(F)C(F)(F)F)C(F)(F)C(F)(F)F. The minimum Gasteiger partial charge on any atom is -0.190 e. The molecule has 0 aliphatic heterocycles. The molecule has 0 spiro atoms. The van der Waals surface area contributed by atoms with Gasteiger partial charge in [0.2, 0.25) is 0 Å². The number of halogens is 10. The standard InChI is InChI=1S/C10H6F10/c1-5(2)6(8(13,14)10(18,19)20)3-4-7(11,12)9(15,16)17/h1-2H3. The number of rotatable bonds is 1. The van der Waals surface area contributed by atoms with Crippen LogP contribution in [-0.4, -0.2) is 24.2 Å². The van der Waals surface area contributed by atoms with E-state index in [1.807, 2.05) is 0 Å². The second kappa shape index (κ2) is 5.18. The molecule has 0 saturated heterocycles. The summed E-state index contributed by atoms with van der Waals surface area (Å²) in [6.45, 7) is 1.35. The van der Waals surface area contributed by atoms with E-state index in [9.17, 15) is 43.9 Å². The van der Waals surface area contributed by atoms with Gasteiger partial charge in [0.1, 0.15) is 0 Å². The van der Waals surface area contributed by atoms with Crippen LogP contribution in [0.15, 0.2) is 11.1 Å². The molecule has 0 heterocycles. The molecule has 0 atom stereocenters. The highest BCUT2D eigenvalue weighted by Crippen LogP contribution is 2.42. The van der Waals surface area contributed by atoms with Gasteiger partial charge in [0.15, 0.2) is 0 Å². The first-order valence-electron chi connectivity index (χ1n) is 4.64. The minimum atomic E-state index is -6.18. The number of alkyl halides is 10. The van der Waals surface area contributed by atoms with Crippen LogP contribution in [0.3, 0.4) is 0 Å². The number of allylic oxidation sites excluding steroid dienone is 2. The van der Waals surface area contributed by atoms with Crippen LogP contribution in [0.5, 0.6) is 0 Å². The van der Waals surface area contributed by atoms with Crippen molar-refractivity contribution in [3.63, 3.8) is 0 Å². The lowest BCUT2D eigenvalue weighted by Gasteiger charge is -2.21. The maximum absolute atomic E-state index is 12.9. The first-order valence-corrected chi connectivity index (χ1v) is 4.64. The van der Waals surface area contributed by atoms with E-state index in [0.717, 1.165) is 0 Å². The molecule has 0 saturated carbocycles. The molecule has 0 aromatic heterocycles. The van der Waals surface area contributed by atoms with Gasteiger partial charge in [-0.15, -0.1) is 0 Å². The molecule has 0 amide bonds. The molecule has 10 heteroatoms. The Morgan fingerprint density at radius 1 is 0.700 bits per heavy atom. The molecule has 0 bridgehead atoms. The van der Waals surface area contributed by atoms with E-state index in [1.54, 1.807) is 0 Å². The lowest BCUT2D eigenvalue weighted by atomic mass is 10.0. The van der Waals surface area contributed by atoms with Crippen molar-refractivity contribution in [2.24, 2.45) is 0 Å². The third-order valence-corrected chi connectivity index (χ3v) is 1.87. The van der Waals surface area contributed by atoms with Gasteiger partial charge in [0, 0.05) is 0 Å². The zero-order valence-corrected chi connectivity index (χ0v) is 9.78. The van der Waals surface area contributed by atoms with Crippen LogP contribution in [0.25, 0.3) is 0 Å². The van der Waals surface area contributed by atoms with E-state index in [1.165, 1.54) is 0 Å². The van der Waals surface area contributed by atoms with Gasteiger partial charge in [-0.1, -0.05) is 11.5 Å². The number of hydrogen-bond donors (Lipinski definition) is 0. The van der Waals surface area contributed by atoms with Crippen molar-refractivity contribution in [3.05, 3.63) is 11.1 Å². The summed E-state index contributed by atoms with van der Waals surface area (Å²) in [4.78, 5) is 0.